The maximum atomic E-state index is 5.41. The van der Waals surface area contributed by atoms with E-state index in [0.29, 0.717) is 23.3 Å². The molecule has 1 aromatic heterocycles. The third kappa shape index (κ3) is 10.5. The van der Waals surface area contributed by atoms with Crippen molar-refractivity contribution >= 4 is 11.7 Å². The van der Waals surface area contributed by atoms with Gasteiger partial charge in [-0.05, 0) is 102 Å². The van der Waals surface area contributed by atoms with Crippen LogP contribution in [0, 0.1) is 0 Å². The van der Waals surface area contributed by atoms with Crippen molar-refractivity contribution < 1.29 is 0 Å². The van der Waals surface area contributed by atoms with E-state index < -0.39 is 6.17 Å². The zero-order valence-corrected chi connectivity index (χ0v) is 45.8. The van der Waals surface area contributed by atoms with Crippen molar-refractivity contribution in [3.05, 3.63) is 332 Å². The molecule has 12 aromatic carbocycles. The summed E-state index contributed by atoms with van der Waals surface area (Å²) in [6.07, 6.45) is -0.412. The van der Waals surface area contributed by atoms with Gasteiger partial charge in [-0.15, -0.1) is 0 Å². The molecule has 84 heavy (non-hydrogen) atoms. The molecule has 0 saturated carbocycles. The predicted octanol–water partition coefficient (Wildman–Crippen LogP) is 19.0. The van der Waals surface area contributed by atoms with Crippen molar-refractivity contribution in [1.29, 1.82) is 0 Å². The quantitative estimate of drug-likeness (QED) is 0.125. The molecule has 1 unspecified atom stereocenters. The molecule has 14 rings (SSSR count). The largest absolute Gasteiger partial charge is 0.344 e. The van der Waals surface area contributed by atoms with E-state index in [4.69, 9.17) is 24.9 Å². The van der Waals surface area contributed by atoms with Gasteiger partial charge in [0.15, 0.2) is 23.3 Å². The minimum atomic E-state index is -0.412. The van der Waals surface area contributed by atoms with Gasteiger partial charge in [0.1, 0.15) is 12.0 Å². The van der Waals surface area contributed by atoms with Crippen LogP contribution >= 0.6 is 0 Å². The summed E-state index contributed by atoms with van der Waals surface area (Å²) in [4.78, 5) is 26.6. The molecule has 0 bridgehead atoms. The highest BCUT2D eigenvalue weighted by molar-refractivity contribution is 6.15. The zero-order valence-electron chi connectivity index (χ0n) is 45.8. The van der Waals surface area contributed by atoms with Crippen molar-refractivity contribution in [3.63, 3.8) is 0 Å². The highest BCUT2D eigenvalue weighted by Crippen LogP contribution is 2.38. The molecular formula is C78H54N6. The number of amidine groups is 2. The van der Waals surface area contributed by atoms with Crippen LogP contribution in [0.4, 0.5) is 0 Å². The van der Waals surface area contributed by atoms with Crippen LogP contribution in [0.1, 0.15) is 22.9 Å². The molecule has 0 radical (unpaired) electrons. The smallest absolute Gasteiger partial charge is 0.164 e. The standard InChI is InChI=1S/C78H54N6/c1-5-25-53(26-6-1)65-41-13-17-45-69(65)75-79-73(80-76(83-75)70-46-18-14-42-66(70)54-27-7-2-8-28-54)63-39-23-37-61(51-63)59-35-21-33-57(49-59)58-34-22-36-60(50-58)62-38-24-40-64(52-62)74-81-77(71-47-19-15-43-67(71)55-29-9-3-10-30-55)84-78(82-74)72-48-20-16-44-68(72)56-31-11-4-12-32-56/h1-52,75H,(H,79,80,83). The van der Waals surface area contributed by atoms with Crippen molar-refractivity contribution in [2.24, 2.45) is 9.98 Å². The lowest BCUT2D eigenvalue weighted by Crippen LogP contribution is -2.34. The van der Waals surface area contributed by atoms with Gasteiger partial charge in [-0.3, -0.25) is 0 Å². The van der Waals surface area contributed by atoms with Gasteiger partial charge in [0.25, 0.3) is 0 Å². The lowest BCUT2D eigenvalue weighted by molar-refractivity contribution is 0.676. The lowest BCUT2D eigenvalue weighted by Gasteiger charge is -2.26. The molecular weight excluding hydrogens is 1020 g/mol. The molecule has 396 valence electrons. The van der Waals surface area contributed by atoms with Crippen LogP contribution in [0.2, 0.25) is 0 Å². The number of hydrogen-bond donors (Lipinski definition) is 1. The van der Waals surface area contributed by atoms with Crippen molar-refractivity contribution in [2.45, 2.75) is 6.17 Å². The summed E-state index contributed by atoms with van der Waals surface area (Å²) in [6, 6.07) is 110. The molecule has 1 aliphatic heterocycles. The predicted molar refractivity (Wildman–Crippen MR) is 346 cm³/mol. The monoisotopic (exact) mass is 1070 g/mol. The molecule has 0 spiro atoms. The first-order valence-electron chi connectivity index (χ1n) is 28.3. The first-order chi connectivity index (χ1) is 41.6. The molecule has 0 saturated heterocycles. The molecule has 1 atom stereocenters. The van der Waals surface area contributed by atoms with Crippen molar-refractivity contribution in [1.82, 2.24) is 20.3 Å². The summed E-state index contributed by atoms with van der Waals surface area (Å²) in [5, 5.41) is 3.80. The molecule has 0 amide bonds. The number of nitrogens with one attached hydrogen (secondary N) is 1. The van der Waals surface area contributed by atoms with E-state index in [-0.39, 0.29) is 0 Å². The Hall–Kier alpha value is -11.2. The molecule has 0 fully saturated rings. The molecule has 1 N–H and O–H groups in total. The summed E-state index contributed by atoms with van der Waals surface area (Å²) in [7, 11) is 0. The van der Waals surface area contributed by atoms with Crippen LogP contribution in [0.25, 0.3) is 112 Å². The van der Waals surface area contributed by atoms with E-state index in [1.165, 1.54) is 0 Å². The SMILES string of the molecule is c1ccc(-c2ccccc2C2=NC(c3ccccc3-c3ccccc3)NC(c3cccc(-c4cccc(-c5cccc(-c6cccc(-c7nc(-c8ccccc8-c8ccccc8)nc(-c8ccccc8-c8ccccc8)n7)c6)c5)c4)c3)=N2)cc1. The summed E-state index contributed by atoms with van der Waals surface area (Å²) >= 11 is 0. The fraction of sp³-hybridized carbons (Fsp3) is 0.0128. The lowest BCUT2D eigenvalue weighted by atomic mass is 9.94. The zero-order chi connectivity index (χ0) is 56.0. The Morgan fingerprint density at radius 1 is 0.226 bits per heavy atom. The van der Waals surface area contributed by atoms with Crippen LogP contribution < -0.4 is 5.32 Å². The Kier molecular flexibility index (Phi) is 14.0. The number of aliphatic imine (C=N–C) groups is 2. The maximum Gasteiger partial charge on any atom is 0.164 e. The third-order valence-electron chi connectivity index (χ3n) is 15.5. The first-order valence-corrected chi connectivity index (χ1v) is 28.3. The number of aromatic nitrogens is 3. The number of hydrogen-bond acceptors (Lipinski definition) is 6. The number of rotatable bonds is 13. The van der Waals surface area contributed by atoms with Gasteiger partial charge in [0.2, 0.25) is 0 Å². The van der Waals surface area contributed by atoms with E-state index in [2.05, 4.69) is 290 Å². The fourth-order valence-electron chi connectivity index (χ4n) is 11.3. The summed E-state index contributed by atoms with van der Waals surface area (Å²) in [6.45, 7) is 0. The summed E-state index contributed by atoms with van der Waals surface area (Å²) < 4.78 is 0. The second-order valence-electron chi connectivity index (χ2n) is 20.8. The fourth-order valence-corrected chi connectivity index (χ4v) is 11.3. The van der Waals surface area contributed by atoms with Crippen LogP contribution in [0.3, 0.4) is 0 Å². The second kappa shape index (κ2) is 23.1. The Morgan fingerprint density at radius 2 is 0.524 bits per heavy atom. The Morgan fingerprint density at radius 3 is 0.976 bits per heavy atom. The summed E-state index contributed by atoms with van der Waals surface area (Å²) in [5.41, 5.74) is 21.0. The van der Waals surface area contributed by atoms with Crippen LogP contribution in [-0.2, 0) is 0 Å². The summed E-state index contributed by atoms with van der Waals surface area (Å²) in [5.74, 6) is 3.23. The average molecular weight is 1080 g/mol. The van der Waals surface area contributed by atoms with E-state index in [1.54, 1.807) is 0 Å². The maximum absolute atomic E-state index is 5.41. The van der Waals surface area contributed by atoms with E-state index in [1.807, 2.05) is 30.3 Å². The minimum Gasteiger partial charge on any atom is -0.344 e. The van der Waals surface area contributed by atoms with E-state index in [0.717, 1.165) is 117 Å². The van der Waals surface area contributed by atoms with Gasteiger partial charge in [0, 0.05) is 33.4 Å². The Bertz CT molecular complexity index is 4470. The second-order valence-corrected chi connectivity index (χ2v) is 20.8. The van der Waals surface area contributed by atoms with Crippen molar-refractivity contribution in [3.8, 4) is 112 Å². The van der Waals surface area contributed by atoms with Gasteiger partial charge in [-0.1, -0.05) is 291 Å². The van der Waals surface area contributed by atoms with Gasteiger partial charge >= 0.3 is 0 Å². The van der Waals surface area contributed by atoms with Crippen LogP contribution in [0.15, 0.2) is 325 Å². The molecule has 6 heteroatoms. The van der Waals surface area contributed by atoms with Gasteiger partial charge in [0.05, 0.1) is 0 Å². The molecule has 2 heterocycles. The topological polar surface area (TPSA) is 75.4 Å². The molecule has 0 aliphatic carbocycles. The van der Waals surface area contributed by atoms with Gasteiger partial charge < -0.3 is 5.32 Å². The average Bonchev–Trinajstić information content (AvgIpc) is 2.86. The molecule has 1 aliphatic rings. The number of benzene rings is 12. The first kappa shape index (κ1) is 51.0. The van der Waals surface area contributed by atoms with Gasteiger partial charge in [-0.2, -0.15) is 0 Å². The van der Waals surface area contributed by atoms with Crippen LogP contribution in [-0.4, -0.2) is 26.6 Å². The van der Waals surface area contributed by atoms with E-state index in [9.17, 15) is 0 Å². The highest BCUT2D eigenvalue weighted by Gasteiger charge is 2.26. The van der Waals surface area contributed by atoms with Crippen molar-refractivity contribution in [2.75, 3.05) is 0 Å². The molecule has 6 nitrogen and oxygen atoms in total. The minimum absolute atomic E-state index is 0.412. The highest BCUT2D eigenvalue weighted by atomic mass is 15.2. The van der Waals surface area contributed by atoms with Crippen LogP contribution in [0.5, 0.6) is 0 Å². The Balaban J connectivity index is 0.806. The number of nitrogens with zero attached hydrogens (tertiary/aromatic N) is 5. The third-order valence-corrected chi connectivity index (χ3v) is 15.5. The normalized spacial score (nSPS) is 12.9. The Labute approximate surface area is 489 Å². The van der Waals surface area contributed by atoms with E-state index >= 15 is 0 Å². The van der Waals surface area contributed by atoms with Gasteiger partial charge in [-0.25, -0.2) is 24.9 Å². The molecule has 13 aromatic rings.